The van der Waals surface area contributed by atoms with Crippen LogP contribution in [-0.4, -0.2) is 16.3 Å². The van der Waals surface area contributed by atoms with Crippen LogP contribution in [0.25, 0.3) is 0 Å². The van der Waals surface area contributed by atoms with Crippen LogP contribution in [0, 0.1) is 12.3 Å². The van der Waals surface area contributed by atoms with Gasteiger partial charge in [0.15, 0.2) is 0 Å². The maximum atomic E-state index is 5.91. The fourth-order valence-electron chi connectivity index (χ4n) is 2.48. The van der Waals surface area contributed by atoms with Crippen molar-refractivity contribution in [1.82, 2.24) is 9.78 Å². The Kier molecular flexibility index (Phi) is 2.79. The van der Waals surface area contributed by atoms with E-state index in [2.05, 4.69) is 17.2 Å². The summed E-state index contributed by atoms with van der Waals surface area (Å²) in [5.74, 6) is 2.59. The van der Waals surface area contributed by atoms with Crippen LogP contribution in [0.2, 0.25) is 0 Å². The summed E-state index contributed by atoms with van der Waals surface area (Å²) in [7, 11) is 0. The molecule has 1 aromatic rings. The van der Waals surface area contributed by atoms with E-state index in [1.54, 1.807) is 0 Å². The van der Waals surface area contributed by atoms with Gasteiger partial charge in [-0.05, 0) is 18.4 Å². The minimum Gasteiger partial charge on any atom is -0.330 e. The van der Waals surface area contributed by atoms with Gasteiger partial charge in [0.05, 0.1) is 6.20 Å². The third-order valence-electron chi connectivity index (χ3n) is 3.45. The molecule has 1 aliphatic carbocycles. The SMILES string of the molecule is C#CCn1cc(C2(CN)CCCC2)cn1. The van der Waals surface area contributed by atoms with Gasteiger partial charge in [0, 0.05) is 18.2 Å². The minimum atomic E-state index is 0.173. The van der Waals surface area contributed by atoms with E-state index >= 15 is 0 Å². The monoisotopic (exact) mass is 203 g/mol. The maximum absolute atomic E-state index is 5.91. The lowest BCUT2D eigenvalue weighted by atomic mass is 9.81. The first-order chi connectivity index (χ1) is 7.30. The van der Waals surface area contributed by atoms with Gasteiger partial charge >= 0.3 is 0 Å². The van der Waals surface area contributed by atoms with Crippen LogP contribution in [0.4, 0.5) is 0 Å². The van der Waals surface area contributed by atoms with Gasteiger partial charge in [-0.15, -0.1) is 6.42 Å². The second-order valence-corrected chi connectivity index (χ2v) is 4.32. The van der Waals surface area contributed by atoms with Crippen LogP contribution in [-0.2, 0) is 12.0 Å². The molecule has 0 unspecified atom stereocenters. The number of hydrogen-bond acceptors (Lipinski definition) is 2. The molecule has 3 heteroatoms. The molecule has 0 aliphatic heterocycles. The Balaban J connectivity index is 2.23. The Hall–Kier alpha value is -1.27. The molecule has 1 heterocycles. The Morgan fingerprint density at radius 3 is 2.87 bits per heavy atom. The molecule has 1 aliphatic rings. The predicted octanol–water partition coefficient (Wildman–Crippen LogP) is 1.29. The topological polar surface area (TPSA) is 43.8 Å². The van der Waals surface area contributed by atoms with E-state index in [1.165, 1.54) is 31.2 Å². The average Bonchev–Trinajstić information content (AvgIpc) is 2.86. The molecule has 0 saturated heterocycles. The molecule has 15 heavy (non-hydrogen) atoms. The van der Waals surface area contributed by atoms with E-state index < -0.39 is 0 Å². The van der Waals surface area contributed by atoms with E-state index in [1.807, 2.05) is 10.9 Å². The van der Waals surface area contributed by atoms with E-state index in [4.69, 9.17) is 12.2 Å². The molecule has 1 aromatic heterocycles. The average molecular weight is 203 g/mol. The Labute approximate surface area is 90.7 Å². The van der Waals surface area contributed by atoms with Gasteiger partial charge in [-0.3, -0.25) is 4.68 Å². The lowest BCUT2D eigenvalue weighted by molar-refractivity contribution is 0.452. The number of hydrogen-bond donors (Lipinski definition) is 1. The standard InChI is InChI=1S/C12H17N3/c1-2-7-15-9-11(8-14-15)12(10-13)5-3-4-6-12/h1,8-9H,3-7,10,13H2. The zero-order valence-electron chi connectivity index (χ0n) is 8.95. The summed E-state index contributed by atoms with van der Waals surface area (Å²) in [5.41, 5.74) is 7.34. The quantitative estimate of drug-likeness (QED) is 0.752. The molecule has 3 nitrogen and oxygen atoms in total. The zero-order valence-corrected chi connectivity index (χ0v) is 8.95. The van der Waals surface area contributed by atoms with Crippen molar-refractivity contribution in [2.75, 3.05) is 6.54 Å². The normalized spacial score (nSPS) is 18.9. The van der Waals surface area contributed by atoms with Crippen molar-refractivity contribution in [1.29, 1.82) is 0 Å². The summed E-state index contributed by atoms with van der Waals surface area (Å²) in [5, 5.41) is 4.26. The fraction of sp³-hybridized carbons (Fsp3) is 0.583. The Morgan fingerprint density at radius 2 is 2.27 bits per heavy atom. The summed E-state index contributed by atoms with van der Waals surface area (Å²) in [4.78, 5) is 0. The third-order valence-corrected chi connectivity index (χ3v) is 3.45. The molecule has 2 N–H and O–H groups in total. The van der Waals surface area contributed by atoms with Gasteiger partial charge in [-0.2, -0.15) is 5.10 Å². The lowest BCUT2D eigenvalue weighted by Crippen LogP contribution is -2.31. The van der Waals surface area contributed by atoms with E-state index in [-0.39, 0.29) is 5.41 Å². The van der Waals surface area contributed by atoms with Crippen LogP contribution >= 0.6 is 0 Å². The summed E-state index contributed by atoms with van der Waals surface area (Å²) in [6.45, 7) is 1.26. The highest BCUT2D eigenvalue weighted by Gasteiger charge is 2.35. The van der Waals surface area contributed by atoms with Gasteiger partial charge in [-0.1, -0.05) is 18.8 Å². The molecule has 0 spiro atoms. The van der Waals surface area contributed by atoms with Crippen LogP contribution < -0.4 is 5.73 Å². The number of rotatable bonds is 3. The van der Waals surface area contributed by atoms with E-state index in [0.717, 1.165) is 6.54 Å². The molecule has 0 atom stereocenters. The Morgan fingerprint density at radius 1 is 1.53 bits per heavy atom. The van der Waals surface area contributed by atoms with Crippen LogP contribution in [0.1, 0.15) is 31.2 Å². The lowest BCUT2D eigenvalue weighted by Gasteiger charge is -2.25. The highest BCUT2D eigenvalue weighted by atomic mass is 15.3. The molecular formula is C12H17N3. The summed E-state index contributed by atoms with van der Waals surface area (Å²) in [6, 6.07) is 0. The Bertz CT molecular complexity index is 366. The van der Waals surface area contributed by atoms with Crippen LogP contribution in [0.5, 0.6) is 0 Å². The first-order valence-electron chi connectivity index (χ1n) is 5.47. The molecular weight excluding hydrogens is 186 g/mol. The molecule has 80 valence electrons. The van der Waals surface area contributed by atoms with Crippen molar-refractivity contribution in [3.05, 3.63) is 18.0 Å². The summed E-state index contributed by atoms with van der Waals surface area (Å²) in [6.07, 6.45) is 14.2. The molecule has 0 radical (unpaired) electrons. The molecule has 1 saturated carbocycles. The molecule has 1 fully saturated rings. The number of nitrogens with zero attached hydrogens (tertiary/aromatic N) is 2. The second-order valence-electron chi connectivity index (χ2n) is 4.32. The first kappa shape index (κ1) is 10.3. The van der Waals surface area contributed by atoms with Gasteiger partial charge in [0.2, 0.25) is 0 Å². The van der Waals surface area contributed by atoms with Crippen molar-refractivity contribution in [3.63, 3.8) is 0 Å². The van der Waals surface area contributed by atoms with Gasteiger partial charge in [0.1, 0.15) is 6.54 Å². The number of terminal acetylenes is 1. The molecule has 0 bridgehead atoms. The minimum absolute atomic E-state index is 0.173. The van der Waals surface area contributed by atoms with Crippen molar-refractivity contribution in [2.24, 2.45) is 5.73 Å². The third kappa shape index (κ3) is 1.78. The zero-order chi connectivity index (χ0) is 10.7. The van der Waals surface area contributed by atoms with E-state index in [0.29, 0.717) is 6.54 Å². The van der Waals surface area contributed by atoms with Crippen LogP contribution in [0.3, 0.4) is 0 Å². The molecule has 2 rings (SSSR count). The summed E-state index contributed by atoms with van der Waals surface area (Å²) < 4.78 is 1.81. The highest BCUT2D eigenvalue weighted by Crippen LogP contribution is 2.39. The van der Waals surface area contributed by atoms with Gasteiger partial charge in [0.25, 0.3) is 0 Å². The number of aromatic nitrogens is 2. The van der Waals surface area contributed by atoms with Crippen molar-refractivity contribution in [3.8, 4) is 12.3 Å². The van der Waals surface area contributed by atoms with Gasteiger partial charge < -0.3 is 5.73 Å². The number of nitrogens with two attached hydrogens (primary N) is 1. The van der Waals surface area contributed by atoms with Crippen molar-refractivity contribution < 1.29 is 0 Å². The van der Waals surface area contributed by atoms with Gasteiger partial charge in [-0.25, -0.2) is 0 Å². The first-order valence-corrected chi connectivity index (χ1v) is 5.47. The van der Waals surface area contributed by atoms with Crippen molar-refractivity contribution in [2.45, 2.75) is 37.6 Å². The second kappa shape index (κ2) is 4.08. The van der Waals surface area contributed by atoms with Crippen molar-refractivity contribution >= 4 is 0 Å². The fourth-order valence-corrected chi connectivity index (χ4v) is 2.48. The maximum Gasteiger partial charge on any atom is 0.101 e. The largest absolute Gasteiger partial charge is 0.330 e. The molecule has 0 amide bonds. The predicted molar refractivity (Wildman–Crippen MR) is 60.3 cm³/mol. The van der Waals surface area contributed by atoms with Crippen LogP contribution in [0.15, 0.2) is 12.4 Å². The van der Waals surface area contributed by atoms with E-state index in [9.17, 15) is 0 Å². The molecule has 0 aromatic carbocycles. The highest BCUT2D eigenvalue weighted by molar-refractivity contribution is 5.22. The smallest absolute Gasteiger partial charge is 0.101 e. The summed E-state index contributed by atoms with van der Waals surface area (Å²) >= 11 is 0.